The van der Waals surface area contributed by atoms with Crippen molar-refractivity contribution in [3.8, 4) is 0 Å². The number of aryl methyl sites for hydroxylation is 2. The van der Waals surface area contributed by atoms with Crippen LogP contribution < -0.4 is 10.6 Å². The first-order chi connectivity index (χ1) is 13.7. The molecule has 0 aliphatic rings. The van der Waals surface area contributed by atoms with Gasteiger partial charge in [0.2, 0.25) is 11.8 Å². The number of amides is 2. The summed E-state index contributed by atoms with van der Waals surface area (Å²) in [7, 11) is 0. The minimum atomic E-state index is -4.75. The van der Waals surface area contributed by atoms with Gasteiger partial charge in [0.15, 0.2) is 11.6 Å². The number of aromatic nitrogens is 2. The van der Waals surface area contributed by atoms with E-state index in [1.807, 2.05) is 0 Å². The van der Waals surface area contributed by atoms with E-state index in [2.05, 4.69) is 20.8 Å². The smallest absolute Gasteiger partial charge is 0.418 e. The molecule has 3 rings (SSSR count). The van der Waals surface area contributed by atoms with Gasteiger partial charge in [-0.15, -0.1) is 0 Å². The molecule has 0 fully saturated rings. The van der Waals surface area contributed by atoms with Crippen LogP contribution in [0.1, 0.15) is 34.3 Å². The van der Waals surface area contributed by atoms with Crippen molar-refractivity contribution in [3.05, 3.63) is 59.6 Å². The van der Waals surface area contributed by atoms with Gasteiger partial charge in [-0.05, 0) is 37.3 Å². The predicted molar refractivity (Wildman–Crippen MR) is 94.1 cm³/mol. The molecule has 0 spiro atoms. The van der Waals surface area contributed by atoms with Crippen LogP contribution in [-0.2, 0) is 17.4 Å². The molecule has 29 heavy (non-hydrogen) atoms. The van der Waals surface area contributed by atoms with Gasteiger partial charge in [0.05, 0.1) is 17.5 Å². The largest absolute Gasteiger partial charge is 0.459 e. The van der Waals surface area contributed by atoms with Crippen LogP contribution in [0.15, 0.2) is 45.5 Å². The average molecular weight is 408 g/mol. The minimum Gasteiger partial charge on any atom is -0.459 e. The molecule has 0 radical (unpaired) electrons. The highest BCUT2D eigenvalue weighted by Crippen LogP contribution is 2.36. The highest BCUT2D eigenvalue weighted by molar-refractivity contribution is 6.02. The molecule has 0 saturated carbocycles. The number of benzene rings is 1. The van der Waals surface area contributed by atoms with Crippen molar-refractivity contribution in [1.29, 1.82) is 0 Å². The zero-order chi connectivity index (χ0) is 21.0. The van der Waals surface area contributed by atoms with Crippen LogP contribution in [0, 0.1) is 6.92 Å². The second kappa shape index (κ2) is 8.17. The number of furan rings is 1. The lowest BCUT2D eigenvalue weighted by Crippen LogP contribution is -2.18. The third-order valence-corrected chi connectivity index (χ3v) is 3.74. The molecule has 0 bridgehead atoms. The predicted octanol–water partition coefficient (Wildman–Crippen LogP) is 3.81. The maximum absolute atomic E-state index is 13.4. The van der Waals surface area contributed by atoms with E-state index in [4.69, 9.17) is 8.94 Å². The van der Waals surface area contributed by atoms with Gasteiger partial charge in [-0.3, -0.25) is 9.59 Å². The fourth-order valence-electron chi connectivity index (χ4n) is 2.44. The topological polar surface area (TPSA) is 110 Å². The molecular formula is C18H15F3N4O4. The molecule has 0 saturated heterocycles. The van der Waals surface area contributed by atoms with Crippen molar-refractivity contribution in [3.63, 3.8) is 0 Å². The van der Waals surface area contributed by atoms with E-state index in [9.17, 15) is 22.8 Å². The van der Waals surface area contributed by atoms with Crippen molar-refractivity contribution >= 4 is 23.2 Å². The van der Waals surface area contributed by atoms with E-state index in [1.54, 1.807) is 6.92 Å². The lowest BCUT2D eigenvalue weighted by atomic mass is 10.1. The van der Waals surface area contributed by atoms with Gasteiger partial charge < -0.3 is 19.6 Å². The van der Waals surface area contributed by atoms with E-state index in [0.717, 1.165) is 12.1 Å². The van der Waals surface area contributed by atoms with Crippen LogP contribution >= 0.6 is 0 Å². The summed E-state index contributed by atoms with van der Waals surface area (Å²) in [5.74, 6) is -0.794. The molecule has 8 nitrogen and oxygen atoms in total. The van der Waals surface area contributed by atoms with Crippen LogP contribution in [0.2, 0.25) is 0 Å². The van der Waals surface area contributed by atoms with Gasteiger partial charge in [0.25, 0.3) is 5.91 Å². The first kappa shape index (κ1) is 20.1. The van der Waals surface area contributed by atoms with Gasteiger partial charge in [0.1, 0.15) is 0 Å². The van der Waals surface area contributed by atoms with E-state index in [-0.39, 0.29) is 30.2 Å². The van der Waals surface area contributed by atoms with E-state index >= 15 is 0 Å². The molecule has 2 aromatic heterocycles. The van der Waals surface area contributed by atoms with Crippen molar-refractivity contribution < 1.29 is 31.7 Å². The van der Waals surface area contributed by atoms with Gasteiger partial charge >= 0.3 is 6.18 Å². The Bertz CT molecular complexity index is 1010. The number of hydrogen-bond acceptors (Lipinski definition) is 6. The number of alkyl halides is 3. The number of nitrogens with zero attached hydrogens (tertiary/aromatic N) is 2. The van der Waals surface area contributed by atoms with Gasteiger partial charge in [-0.1, -0.05) is 5.16 Å². The minimum absolute atomic E-state index is 0.0489. The van der Waals surface area contributed by atoms with Crippen molar-refractivity contribution in [2.45, 2.75) is 25.9 Å². The Labute approximate surface area is 162 Å². The molecule has 2 N–H and O–H groups in total. The zero-order valence-corrected chi connectivity index (χ0v) is 15.0. The Kier molecular flexibility index (Phi) is 5.66. The zero-order valence-electron chi connectivity index (χ0n) is 15.0. The van der Waals surface area contributed by atoms with Crippen LogP contribution in [0.3, 0.4) is 0 Å². The number of carbonyl (C=O) groups excluding carboxylic acids is 2. The quantitative estimate of drug-likeness (QED) is 0.642. The number of rotatable bonds is 6. The normalized spacial score (nSPS) is 11.3. The van der Waals surface area contributed by atoms with Crippen LogP contribution in [0.5, 0.6) is 0 Å². The fraction of sp³-hybridized carbons (Fsp3) is 0.222. The molecule has 3 aromatic rings. The Hall–Kier alpha value is -3.63. The molecule has 11 heteroatoms. The molecule has 2 amide bonds. The van der Waals surface area contributed by atoms with Crippen molar-refractivity contribution in [2.24, 2.45) is 0 Å². The standard InChI is InChI=1S/C18H15F3N4O4/c1-10-22-16(29-25-10)7-6-15(26)24-13-5-4-11(9-12(13)18(19,20)21)23-17(27)14-3-2-8-28-14/h2-5,8-9H,6-7H2,1H3,(H,23,27)(H,24,26). The maximum atomic E-state index is 13.4. The number of hydrogen-bond donors (Lipinski definition) is 2. The summed E-state index contributed by atoms with van der Waals surface area (Å²) in [6.07, 6.45) is -3.54. The van der Waals surface area contributed by atoms with Gasteiger partial charge in [-0.25, -0.2) is 0 Å². The molecular weight excluding hydrogens is 393 g/mol. The fourth-order valence-corrected chi connectivity index (χ4v) is 2.44. The lowest BCUT2D eigenvalue weighted by molar-refractivity contribution is -0.136. The second-order valence-electron chi connectivity index (χ2n) is 5.97. The second-order valence-corrected chi connectivity index (χ2v) is 5.97. The third kappa shape index (κ3) is 5.21. The summed E-state index contributed by atoms with van der Waals surface area (Å²) in [4.78, 5) is 27.9. The Morgan fingerprint density at radius 1 is 1.17 bits per heavy atom. The summed E-state index contributed by atoms with van der Waals surface area (Å²) in [5, 5.41) is 8.10. The molecule has 1 aromatic carbocycles. The lowest BCUT2D eigenvalue weighted by Gasteiger charge is -2.15. The molecule has 0 aliphatic heterocycles. The molecule has 0 atom stereocenters. The average Bonchev–Trinajstić information content (AvgIpc) is 3.32. The monoisotopic (exact) mass is 408 g/mol. The molecule has 0 unspecified atom stereocenters. The summed E-state index contributed by atoms with van der Waals surface area (Å²) in [6.45, 7) is 1.61. The van der Waals surface area contributed by atoms with E-state index < -0.39 is 29.2 Å². The number of carbonyl (C=O) groups is 2. The van der Waals surface area contributed by atoms with Gasteiger partial charge in [0, 0.05) is 18.5 Å². The maximum Gasteiger partial charge on any atom is 0.418 e. The Morgan fingerprint density at radius 3 is 2.59 bits per heavy atom. The van der Waals surface area contributed by atoms with Crippen LogP contribution in [-0.4, -0.2) is 22.0 Å². The summed E-state index contributed by atoms with van der Waals surface area (Å²) in [6, 6.07) is 5.89. The van der Waals surface area contributed by atoms with Crippen molar-refractivity contribution in [2.75, 3.05) is 10.6 Å². The Morgan fingerprint density at radius 2 is 1.97 bits per heavy atom. The third-order valence-electron chi connectivity index (χ3n) is 3.74. The molecule has 152 valence electrons. The highest BCUT2D eigenvalue weighted by atomic mass is 19.4. The summed E-state index contributed by atoms with van der Waals surface area (Å²) in [5.41, 5.74) is -1.63. The first-order valence-corrected chi connectivity index (χ1v) is 8.37. The van der Waals surface area contributed by atoms with Crippen LogP contribution in [0.4, 0.5) is 24.5 Å². The molecule has 0 aliphatic carbocycles. The van der Waals surface area contributed by atoms with Gasteiger partial charge in [-0.2, -0.15) is 18.2 Å². The highest BCUT2D eigenvalue weighted by Gasteiger charge is 2.34. The Balaban J connectivity index is 1.72. The van der Waals surface area contributed by atoms with E-state index in [0.29, 0.717) is 5.82 Å². The molecule has 2 heterocycles. The summed E-state index contributed by atoms with van der Waals surface area (Å²) < 4.78 is 50.0. The number of nitrogens with one attached hydrogen (secondary N) is 2. The number of halogens is 3. The first-order valence-electron chi connectivity index (χ1n) is 8.37. The van der Waals surface area contributed by atoms with Crippen molar-refractivity contribution in [1.82, 2.24) is 10.1 Å². The SMILES string of the molecule is Cc1noc(CCC(=O)Nc2ccc(NC(=O)c3ccco3)cc2C(F)(F)F)n1. The van der Waals surface area contributed by atoms with Crippen LogP contribution in [0.25, 0.3) is 0 Å². The summed E-state index contributed by atoms with van der Waals surface area (Å²) >= 11 is 0. The number of anilines is 2. The van der Waals surface area contributed by atoms with E-state index in [1.165, 1.54) is 24.5 Å².